The Balaban J connectivity index is 2.06. The largest absolute Gasteiger partial charge is 0.497 e. The predicted molar refractivity (Wildman–Crippen MR) is 86.2 cm³/mol. The first kappa shape index (κ1) is 16.1. The summed E-state index contributed by atoms with van der Waals surface area (Å²) >= 11 is 0. The fourth-order valence-corrected chi connectivity index (χ4v) is 3.02. The van der Waals surface area contributed by atoms with Crippen LogP contribution in [0.25, 0.3) is 0 Å². The van der Waals surface area contributed by atoms with Crippen LogP contribution in [0, 0.1) is 5.41 Å². The molecule has 0 aromatic heterocycles. The van der Waals surface area contributed by atoms with Crippen molar-refractivity contribution in [3.63, 3.8) is 0 Å². The molecule has 1 unspecified atom stereocenters. The van der Waals surface area contributed by atoms with Crippen molar-refractivity contribution in [2.24, 2.45) is 5.41 Å². The quantitative estimate of drug-likeness (QED) is 0.874. The fourth-order valence-electron chi connectivity index (χ4n) is 3.02. The molecule has 4 nitrogen and oxygen atoms in total. The minimum absolute atomic E-state index is 0.237. The summed E-state index contributed by atoms with van der Waals surface area (Å²) in [6.07, 6.45) is 0.998. The van der Waals surface area contributed by atoms with Gasteiger partial charge in [-0.2, -0.15) is 0 Å². The van der Waals surface area contributed by atoms with E-state index >= 15 is 0 Å². The van der Waals surface area contributed by atoms with E-state index in [0.29, 0.717) is 6.04 Å². The van der Waals surface area contributed by atoms with Gasteiger partial charge in [-0.3, -0.25) is 0 Å². The number of nitrogens with zero attached hydrogens (tertiary/aromatic N) is 1. The Morgan fingerprint density at radius 2 is 2.14 bits per heavy atom. The highest BCUT2D eigenvalue weighted by Gasteiger charge is 2.25. The highest BCUT2D eigenvalue weighted by Crippen LogP contribution is 2.35. The Morgan fingerprint density at radius 1 is 1.38 bits per heavy atom. The third-order valence-corrected chi connectivity index (χ3v) is 3.83. The summed E-state index contributed by atoms with van der Waals surface area (Å²) in [5, 5.41) is 3.71. The maximum atomic E-state index is 5.75. The van der Waals surface area contributed by atoms with Gasteiger partial charge in [0.2, 0.25) is 0 Å². The lowest BCUT2D eigenvalue weighted by molar-refractivity contribution is 0.205. The first-order chi connectivity index (χ1) is 9.91. The second-order valence-electron chi connectivity index (χ2n) is 6.88. The van der Waals surface area contributed by atoms with Crippen LogP contribution in [0.15, 0.2) is 18.2 Å². The van der Waals surface area contributed by atoms with Gasteiger partial charge < -0.3 is 19.7 Å². The van der Waals surface area contributed by atoms with Crippen LogP contribution in [-0.2, 0) is 0 Å². The Kier molecular flexibility index (Phi) is 5.12. The molecule has 1 atom stereocenters. The standard InChI is InChI=1S/C17H28N2O2/c1-17(2,12-19(3)4)11-18-15-8-9-21-16-7-6-13(20-5)10-14(15)16/h6-7,10,15,18H,8-9,11-12H2,1-5H3. The molecule has 1 heterocycles. The van der Waals surface area contributed by atoms with Crippen LogP contribution in [0.2, 0.25) is 0 Å². The highest BCUT2D eigenvalue weighted by molar-refractivity contribution is 5.43. The van der Waals surface area contributed by atoms with Gasteiger partial charge >= 0.3 is 0 Å². The van der Waals surface area contributed by atoms with Crippen molar-refractivity contribution in [3.05, 3.63) is 23.8 Å². The van der Waals surface area contributed by atoms with Crippen molar-refractivity contribution in [1.82, 2.24) is 10.2 Å². The van der Waals surface area contributed by atoms with Crippen LogP contribution in [0.5, 0.6) is 11.5 Å². The maximum absolute atomic E-state index is 5.75. The second kappa shape index (κ2) is 6.67. The zero-order valence-corrected chi connectivity index (χ0v) is 13.9. The summed E-state index contributed by atoms with van der Waals surface area (Å²) in [5.74, 6) is 1.86. The monoisotopic (exact) mass is 292 g/mol. The average Bonchev–Trinajstić information content (AvgIpc) is 2.43. The Labute approximate surface area is 128 Å². The Morgan fingerprint density at radius 3 is 2.81 bits per heavy atom. The van der Waals surface area contributed by atoms with Crippen molar-refractivity contribution >= 4 is 0 Å². The van der Waals surface area contributed by atoms with Gasteiger partial charge in [0.15, 0.2) is 0 Å². The molecule has 0 aliphatic carbocycles. The number of ether oxygens (including phenoxy) is 2. The van der Waals surface area contributed by atoms with Crippen LogP contribution in [-0.4, -0.2) is 45.8 Å². The topological polar surface area (TPSA) is 33.7 Å². The smallest absolute Gasteiger partial charge is 0.124 e. The van der Waals surface area contributed by atoms with E-state index in [9.17, 15) is 0 Å². The van der Waals surface area contributed by atoms with E-state index in [1.165, 1.54) is 5.56 Å². The third kappa shape index (κ3) is 4.35. The van der Waals surface area contributed by atoms with E-state index in [4.69, 9.17) is 9.47 Å². The van der Waals surface area contributed by atoms with Crippen molar-refractivity contribution in [1.29, 1.82) is 0 Å². The number of methoxy groups -OCH3 is 1. The second-order valence-corrected chi connectivity index (χ2v) is 6.88. The van der Waals surface area contributed by atoms with Crippen LogP contribution < -0.4 is 14.8 Å². The van der Waals surface area contributed by atoms with Crippen LogP contribution >= 0.6 is 0 Å². The van der Waals surface area contributed by atoms with Crippen LogP contribution in [0.1, 0.15) is 31.9 Å². The van der Waals surface area contributed by atoms with E-state index in [2.05, 4.69) is 44.2 Å². The van der Waals surface area contributed by atoms with Gasteiger partial charge in [-0.05, 0) is 37.7 Å². The van der Waals surface area contributed by atoms with Crippen molar-refractivity contribution in [2.75, 3.05) is 40.9 Å². The van der Waals surface area contributed by atoms with Crippen LogP contribution in [0.3, 0.4) is 0 Å². The van der Waals surface area contributed by atoms with E-state index < -0.39 is 0 Å². The van der Waals surface area contributed by atoms with Gasteiger partial charge in [-0.15, -0.1) is 0 Å². The van der Waals surface area contributed by atoms with Crippen molar-refractivity contribution in [3.8, 4) is 11.5 Å². The lowest BCUT2D eigenvalue weighted by Gasteiger charge is -2.33. The zero-order chi connectivity index (χ0) is 15.5. The zero-order valence-electron chi connectivity index (χ0n) is 13.9. The van der Waals surface area contributed by atoms with E-state index in [1.807, 2.05) is 12.1 Å². The molecule has 0 saturated heterocycles. The molecule has 0 spiro atoms. The molecule has 2 rings (SSSR count). The summed E-state index contributed by atoms with van der Waals surface area (Å²) in [7, 11) is 5.95. The molecule has 0 amide bonds. The number of benzene rings is 1. The van der Waals surface area contributed by atoms with E-state index in [0.717, 1.165) is 37.6 Å². The lowest BCUT2D eigenvalue weighted by atomic mass is 9.91. The Bertz CT molecular complexity index is 472. The molecular weight excluding hydrogens is 264 g/mol. The molecule has 1 aliphatic rings. The predicted octanol–water partition coefficient (Wildman–Crippen LogP) is 2.70. The average molecular weight is 292 g/mol. The molecule has 0 radical (unpaired) electrons. The summed E-state index contributed by atoms with van der Waals surface area (Å²) in [6, 6.07) is 6.39. The molecule has 1 N–H and O–H groups in total. The molecule has 118 valence electrons. The first-order valence-electron chi connectivity index (χ1n) is 7.60. The SMILES string of the molecule is COc1ccc2c(c1)C(NCC(C)(C)CN(C)C)CCO2. The van der Waals surface area contributed by atoms with E-state index in [-0.39, 0.29) is 5.41 Å². The summed E-state index contributed by atoms with van der Waals surface area (Å²) < 4.78 is 11.1. The maximum Gasteiger partial charge on any atom is 0.124 e. The molecule has 1 aromatic carbocycles. The van der Waals surface area contributed by atoms with Gasteiger partial charge in [-0.1, -0.05) is 13.8 Å². The minimum Gasteiger partial charge on any atom is -0.497 e. The summed E-state index contributed by atoms with van der Waals surface area (Å²) in [6.45, 7) is 7.41. The molecule has 0 bridgehead atoms. The van der Waals surface area contributed by atoms with Gasteiger partial charge in [0.25, 0.3) is 0 Å². The van der Waals surface area contributed by atoms with Gasteiger partial charge in [0.1, 0.15) is 11.5 Å². The van der Waals surface area contributed by atoms with Gasteiger partial charge in [0, 0.05) is 31.1 Å². The van der Waals surface area contributed by atoms with Gasteiger partial charge in [0.05, 0.1) is 13.7 Å². The number of hydrogen-bond acceptors (Lipinski definition) is 4. The van der Waals surface area contributed by atoms with Crippen molar-refractivity contribution in [2.45, 2.75) is 26.3 Å². The third-order valence-electron chi connectivity index (χ3n) is 3.83. The number of nitrogens with one attached hydrogen (secondary N) is 1. The highest BCUT2D eigenvalue weighted by atomic mass is 16.5. The van der Waals surface area contributed by atoms with E-state index in [1.54, 1.807) is 7.11 Å². The summed E-state index contributed by atoms with van der Waals surface area (Å²) in [4.78, 5) is 2.24. The lowest BCUT2D eigenvalue weighted by Crippen LogP contribution is -2.40. The molecule has 4 heteroatoms. The fraction of sp³-hybridized carbons (Fsp3) is 0.647. The van der Waals surface area contributed by atoms with Crippen molar-refractivity contribution < 1.29 is 9.47 Å². The number of rotatable bonds is 6. The van der Waals surface area contributed by atoms with Crippen LogP contribution in [0.4, 0.5) is 0 Å². The molecule has 0 saturated carbocycles. The number of hydrogen-bond donors (Lipinski definition) is 1. The molecule has 21 heavy (non-hydrogen) atoms. The molecule has 1 aromatic rings. The van der Waals surface area contributed by atoms with Gasteiger partial charge in [-0.25, -0.2) is 0 Å². The molecule has 1 aliphatic heterocycles. The molecular formula is C17H28N2O2. The Hall–Kier alpha value is -1.26. The normalized spacial score (nSPS) is 18.3. The number of fused-ring (bicyclic) bond motifs is 1. The summed E-state index contributed by atoms with van der Waals surface area (Å²) in [5.41, 5.74) is 1.45. The first-order valence-corrected chi connectivity index (χ1v) is 7.60. The minimum atomic E-state index is 0.237. The molecule has 0 fully saturated rings.